The Labute approximate surface area is 176 Å². The summed E-state index contributed by atoms with van der Waals surface area (Å²) in [5.74, 6) is -0.798. The average Bonchev–Trinajstić information content (AvgIpc) is 3.22. The van der Waals surface area contributed by atoms with E-state index in [9.17, 15) is 19.2 Å². The van der Waals surface area contributed by atoms with Gasteiger partial charge in [-0.25, -0.2) is 5.10 Å². The Bertz CT molecular complexity index is 1220. The molecule has 1 fully saturated rings. The fourth-order valence-electron chi connectivity index (χ4n) is 3.32. The Balaban J connectivity index is 1.34. The third-order valence-corrected chi connectivity index (χ3v) is 4.80. The highest BCUT2D eigenvalue weighted by atomic mass is 16.5. The van der Waals surface area contributed by atoms with E-state index in [2.05, 4.69) is 21.0 Å². The van der Waals surface area contributed by atoms with Crippen LogP contribution in [0.15, 0.2) is 53.3 Å². The molecule has 1 aliphatic rings. The fraction of sp³-hybridized carbons (Fsp3) is 0.190. The molecule has 10 heteroatoms. The van der Waals surface area contributed by atoms with Crippen LogP contribution in [0.25, 0.3) is 10.8 Å². The van der Waals surface area contributed by atoms with E-state index in [4.69, 9.17) is 4.74 Å². The van der Waals surface area contributed by atoms with Crippen LogP contribution < -0.4 is 26.0 Å². The van der Waals surface area contributed by atoms with Gasteiger partial charge in [-0.3, -0.25) is 30.0 Å². The fourth-order valence-corrected chi connectivity index (χ4v) is 3.32. The van der Waals surface area contributed by atoms with Crippen LogP contribution in [0.1, 0.15) is 23.3 Å². The molecule has 3 aromatic rings. The number of carbonyl (C=O) groups is 3. The van der Waals surface area contributed by atoms with Crippen molar-refractivity contribution in [3.05, 3.63) is 64.6 Å². The second-order valence-corrected chi connectivity index (χ2v) is 6.88. The highest BCUT2D eigenvalue weighted by Gasteiger charge is 2.22. The number of carbonyl (C=O) groups excluding carboxylic acids is 3. The zero-order valence-electron chi connectivity index (χ0n) is 16.4. The first kappa shape index (κ1) is 20.1. The molecule has 2 aromatic carbocycles. The van der Waals surface area contributed by atoms with Gasteiger partial charge in [0.05, 0.1) is 5.39 Å². The second-order valence-electron chi connectivity index (χ2n) is 6.88. The van der Waals surface area contributed by atoms with Gasteiger partial charge in [-0.15, -0.1) is 0 Å². The Morgan fingerprint density at radius 1 is 1.06 bits per heavy atom. The number of benzene rings is 2. The number of aromatic amines is 1. The van der Waals surface area contributed by atoms with E-state index < -0.39 is 17.4 Å². The van der Waals surface area contributed by atoms with Gasteiger partial charge < -0.3 is 9.64 Å². The molecule has 10 nitrogen and oxygen atoms in total. The number of nitrogens with zero attached hydrogens (tertiary/aromatic N) is 2. The minimum atomic E-state index is -0.685. The molecule has 0 spiro atoms. The van der Waals surface area contributed by atoms with Crippen molar-refractivity contribution in [2.75, 3.05) is 18.1 Å². The molecule has 0 aliphatic carbocycles. The number of hydrazine groups is 1. The molecule has 0 saturated carbocycles. The Hall–Kier alpha value is -4.21. The Morgan fingerprint density at radius 2 is 1.87 bits per heavy atom. The van der Waals surface area contributed by atoms with Crippen molar-refractivity contribution in [2.45, 2.75) is 12.8 Å². The van der Waals surface area contributed by atoms with E-state index in [-0.39, 0.29) is 18.2 Å². The zero-order valence-corrected chi connectivity index (χ0v) is 16.4. The molecule has 2 heterocycles. The number of rotatable bonds is 5. The summed E-state index contributed by atoms with van der Waals surface area (Å²) in [5, 5.41) is 6.70. The molecule has 0 radical (unpaired) electrons. The zero-order chi connectivity index (χ0) is 21.8. The molecular formula is C21H19N5O5. The van der Waals surface area contributed by atoms with Crippen molar-refractivity contribution in [1.82, 2.24) is 21.0 Å². The van der Waals surface area contributed by atoms with E-state index in [1.165, 1.54) is 0 Å². The van der Waals surface area contributed by atoms with Crippen LogP contribution >= 0.6 is 0 Å². The molecule has 1 saturated heterocycles. The van der Waals surface area contributed by atoms with Crippen molar-refractivity contribution in [3.8, 4) is 5.75 Å². The lowest BCUT2D eigenvalue weighted by molar-refractivity contribution is -0.123. The molecule has 0 bridgehead atoms. The molecule has 3 amide bonds. The molecule has 158 valence electrons. The highest BCUT2D eigenvalue weighted by molar-refractivity contribution is 6.05. The lowest BCUT2D eigenvalue weighted by Crippen LogP contribution is -2.44. The van der Waals surface area contributed by atoms with Crippen LogP contribution in [0.3, 0.4) is 0 Å². The van der Waals surface area contributed by atoms with Gasteiger partial charge in [-0.1, -0.05) is 24.3 Å². The van der Waals surface area contributed by atoms with Crippen LogP contribution in [0, 0.1) is 0 Å². The average molecular weight is 421 g/mol. The smallest absolute Gasteiger partial charge is 0.290 e. The maximum absolute atomic E-state index is 12.4. The van der Waals surface area contributed by atoms with Crippen molar-refractivity contribution in [3.63, 3.8) is 0 Å². The van der Waals surface area contributed by atoms with Crippen LogP contribution in [-0.2, 0) is 9.59 Å². The molecule has 1 aromatic heterocycles. The lowest BCUT2D eigenvalue weighted by atomic mass is 10.1. The van der Waals surface area contributed by atoms with E-state index in [1.807, 2.05) is 0 Å². The molecule has 1 aliphatic heterocycles. The van der Waals surface area contributed by atoms with Gasteiger partial charge in [0, 0.05) is 30.1 Å². The van der Waals surface area contributed by atoms with E-state index in [0.717, 1.165) is 6.42 Å². The summed E-state index contributed by atoms with van der Waals surface area (Å²) < 4.78 is 5.46. The third kappa shape index (κ3) is 4.37. The molecular weight excluding hydrogens is 402 g/mol. The number of nitrogens with one attached hydrogen (secondary N) is 3. The molecule has 4 rings (SSSR count). The topological polar surface area (TPSA) is 133 Å². The van der Waals surface area contributed by atoms with Gasteiger partial charge in [0.25, 0.3) is 17.4 Å². The summed E-state index contributed by atoms with van der Waals surface area (Å²) >= 11 is 0. The van der Waals surface area contributed by atoms with Gasteiger partial charge >= 0.3 is 0 Å². The summed E-state index contributed by atoms with van der Waals surface area (Å²) in [6.45, 7) is 0.305. The van der Waals surface area contributed by atoms with Crippen LogP contribution in [-0.4, -0.2) is 41.1 Å². The number of hydrogen-bond acceptors (Lipinski definition) is 6. The molecule has 31 heavy (non-hydrogen) atoms. The first-order chi connectivity index (χ1) is 15.0. The number of fused-ring (bicyclic) bond motifs is 1. The number of hydrogen-bond donors (Lipinski definition) is 3. The van der Waals surface area contributed by atoms with Gasteiger partial charge in [0.1, 0.15) is 5.75 Å². The largest absolute Gasteiger partial charge is 0.484 e. The molecule has 0 unspecified atom stereocenters. The van der Waals surface area contributed by atoms with Gasteiger partial charge in [-0.05, 0) is 24.6 Å². The van der Waals surface area contributed by atoms with Crippen molar-refractivity contribution in [2.24, 2.45) is 0 Å². The standard InChI is InChI=1S/C21H19N5O5/c27-17(12-31-14-6-3-5-13(11-14)26-10-4-9-18(26)28)22-25-21(30)19-15-7-1-2-8-16(15)20(29)24-23-19/h1-3,5-8,11H,4,9-10,12H2,(H,22,27)(H,24,29)(H,25,30). The normalized spacial score (nSPS) is 13.3. The van der Waals surface area contributed by atoms with Gasteiger partial charge in [-0.2, -0.15) is 5.10 Å². The van der Waals surface area contributed by atoms with Crippen molar-refractivity contribution in [1.29, 1.82) is 0 Å². The number of anilines is 1. The lowest BCUT2D eigenvalue weighted by Gasteiger charge is -2.16. The summed E-state index contributed by atoms with van der Waals surface area (Å²) in [6.07, 6.45) is 1.33. The summed E-state index contributed by atoms with van der Waals surface area (Å²) in [5.41, 5.74) is 4.77. The summed E-state index contributed by atoms with van der Waals surface area (Å²) in [7, 11) is 0. The number of amides is 3. The first-order valence-electron chi connectivity index (χ1n) is 9.63. The first-order valence-corrected chi connectivity index (χ1v) is 9.63. The predicted octanol–water partition coefficient (Wildman–Crippen LogP) is 0.890. The van der Waals surface area contributed by atoms with Crippen molar-refractivity contribution < 1.29 is 19.1 Å². The Morgan fingerprint density at radius 3 is 2.65 bits per heavy atom. The Kier molecular flexibility index (Phi) is 5.61. The van der Waals surface area contributed by atoms with Crippen molar-refractivity contribution >= 4 is 34.2 Å². The van der Waals surface area contributed by atoms with E-state index in [0.29, 0.717) is 35.2 Å². The molecule has 0 atom stereocenters. The minimum Gasteiger partial charge on any atom is -0.484 e. The molecule has 3 N–H and O–H groups in total. The number of H-pyrrole nitrogens is 1. The second kappa shape index (κ2) is 8.66. The predicted molar refractivity (Wildman–Crippen MR) is 111 cm³/mol. The van der Waals surface area contributed by atoms with Gasteiger partial charge in [0.15, 0.2) is 12.3 Å². The van der Waals surface area contributed by atoms with Crippen LogP contribution in [0.2, 0.25) is 0 Å². The van der Waals surface area contributed by atoms with Gasteiger partial charge in [0.2, 0.25) is 5.91 Å². The van der Waals surface area contributed by atoms with E-state index >= 15 is 0 Å². The number of aromatic nitrogens is 2. The quantitative estimate of drug-likeness (QED) is 0.524. The number of ether oxygens (including phenoxy) is 1. The minimum absolute atomic E-state index is 0.0283. The van der Waals surface area contributed by atoms with Crippen LogP contribution in [0.5, 0.6) is 5.75 Å². The SMILES string of the molecule is O=C(COc1cccc(N2CCCC2=O)c1)NNC(=O)c1n[nH]c(=O)c2ccccc12. The van der Waals surface area contributed by atoms with E-state index in [1.54, 1.807) is 53.4 Å². The highest BCUT2D eigenvalue weighted by Crippen LogP contribution is 2.25. The third-order valence-electron chi connectivity index (χ3n) is 4.80. The maximum Gasteiger partial charge on any atom is 0.290 e. The maximum atomic E-state index is 12.4. The summed E-state index contributed by atoms with van der Waals surface area (Å²) in [4.78, 5) is 49.8. The summed E-state index contributed by atoms with van der Waals surface area (Å²) in [6, 6.07) is 13.4. The monoisotopic (exact) mass is 421 g/mol. The van der Waals surface area contributed by atoms with Crippen LogP contribution in [0.4, 0.5) is 5.69 Å².